The molecule has 0 N–H and O–H groups in total. The summed E-state index contributed by atoms with van der Waals surface area (Å²) >= 11 is -0.826. The van der Waals surface area contributed by atoms with E-state index in [4.69, 9.17) is 17.0 Å². The van der Waals surface area contributed by atoms with Crippen molar-refractivity contribution < 1.29 is 20.8 Å². The average Bonchev–Trinajstić information content (AvgIpc) is 3.49. The first-order valence-corrected chi connectivity index (χ1v) is 17.7. The van der Waals surface area contributed by atoms with Crippen LogP contribution in [0.25, 0.3) is 27.6 Å². The van der Waals surface area contributed by atoms with Gasteiger partial charge in [-0.2, -0.15) is 35.0 Å². The zero-order valence-electron chi connectivity index (χ0n) is 17.4. The maximum atomic E-state index is 4.93. The summed E-state index contributed by atoms with van der Waals surface area (Å²) in [6, 6.07) is 39.7. The first kappa shape index (κ1) is 25.6. The van der Waals surface area contributed by atoms with Crippen molar-refractivity contribution in [1.82, 2.24) is 0 Å². The van der Waals surface area contributed by atoms with Gasteiger partial charge in [0, 0.05) is 0 Å². The summed E-state index contributed by atoms with van der Waals surface area (Å²) in [5, 5.41) is 5.32. The van der Waals surface area contributed by atoms with E-state index in [2.05, 4.69) is 128 Å². The third kappa shape index (κ3) is 9.97. The first-order valence-electron chi connectivity index (χ1n) is 9.84. The summed E-state index contributed by atoms with van der Waals surface area (Å²) in [5.41, 5.74) is 3.48. The number of hydrogen-bond acceptors (Lipinski definition) is 0. The molecule has 0 spiro atoms. The molecule has 0 saturated carbocycles. The normalized spacial score (nSPS) is 9.65. The van der Waals surface area contributed by atoms with Crippen LogP contribution in [0.1, 0.15) is 5.56 Å². The fraction of sp³-hybridized carbons (Fsp3) is 0.0370. The molecule has 5 aromatic rings. The molecule has 2 radical (unpaired) electrons. The topological polar surface area (TPSA) is 0 Å². The minimum Gasteiger partial charge on any atom is -0.168 e. The van der Waals surface area contributed by atoms with Crippen LogP contribution in [0.4, 0.5) is 0 Å². The van der Waals surface area contributed by atoms with E-state index in [9.17, 15) is 0 Å². The predicted octanol–water partition coefficient (Wildman–Crippen LogP) is 8.90. The molecule has 0 unspecified atom stereocenters. The Morgan fingerprint density at radius 2 is 1.13 bits per heavy atom. The third-order valence-electron chi connectivity index (χ3n) is 4.34. The van der Waals surface area contributed by atoms with E-state index in [1.165, 1.54) is 27.1 Å². The fourth-order valence-corrected chi connectivity index (χ4v) is 3.24. The Hall–Kier alpha value is -1.70. The number of fused-ring (bicyclic) bond motifs is 2. The third-order valence-corrected chi connectivity index (χ3v) is 4.84. The Labute approximate surface area is 206 Å². The first-order chi connectivity index (χ1) is 15.3. The van der Waals surface area contributed by atoms with Gasteiger partial charge in [0.25, 0.3) is 0 Å². The molecule has 0 heterocycles. The number of halogens is 2. The average molecular weight is 539 g/mol. The van der Waals surface area contributed by atoms with Gasteiger partial charge in [-0.3, -0.25) is 0 Å². The van der Waals surface area contributed by atoms with Crippen molar-refractivity contribution in [2.24, 2.45) is 0 Å². The second kappa shape index (κ2) is 16.0. The van der Waals surface area contributed by atoms with Gasteiger partial charge in [-0.25, -0.2) is 0 Å². The summed E-state index contributed by atoms with van der Waals surface area (Å²) in [5.74, 6) is 0. The van der Waals surface area contributed by atoms with Crippen LogP contribution in [-0.2, 0) is 20.8 Å². The molecule has 0 aliphatic carbocycles. The van der Waals surface area contributed by atoms with Gasteiger partial charge in [-0.15, -0.1) is 59.3 Å². The Morgan fingerprint density at radius 1 is 0.677 bits per heavy atom. The largest absolute Gasteiger partial charge is 0.168 e. The van der Waals surface area contributed by atoms with Crippen LogP contribution < -0.4 is 0 Å². The van der Waals surface area contributed by atoms with E-state index in [0.29, 0.717) is 0 Å². The minimum atomic E-state index is -0.826. The molecule has 0 bridgehead atoms. The van der Waals surface area contributed by atoms with Crippen LogP contribution in [0.2, 0.25) is 6.55 Å². The van der Waals surface area contributed by atoms with Crippen LogP contribution in [0.3, 0.4) is 0 Å². The van der Waals surface area contributed by atoms with Gasteiger partial charge in [0.15, 0.2) is 0 Å². The monoisotopic (exact) mass is 536 g/mol. The molecule has 0 amide bonds. The SMILES string of the molecule is C[Si]C=Cc1ccccc1.[Cl][Zr+2][Cl].c1ccc2[cH-]ccc2c1.c1ccc2[cH-]ccc2c1. The van der Waals surface area contributed by atoms with E-state index in [1.54, 1.807) is 0 Å². The van der Waals surface area contributed by atoms with Crippen LogP contribution in [0.15, 0.2) is 121 Å². The quantitative estimate of drug-likeness (QED) is 0.155. The van der Waals surface area contributed by atoms with Crippen molar-refractivity contribution in [2.45, 2.75) is 6.55 Å². The summed E-state index contributed by atoms with van der Waals surface area (Å²) in [4.78, 5) is 0. The van der Waals surface area contributed by atoms with Crippen molar-refractivity contribution in [1.29, 1.82) is 0 Å². The van der Waals surface area contributed by atoms with Crippen LogP contribution in [0.5, 0.6) is 0 Å². The maximum absolute atomic E-state index is 4.93. The smallest absolute Gasteiger partial charge is 0.0809 e. The second-order valence-corrected chi connectivity index (χ2v) is 11.1. The molecule has 5 rings (SSSR count). The van der Waals surface area contributed by atoms with Gasteiger partial charge >= 0.3 is 37.9 Å². The molecule has 0 fully saturated rings. The molecule has 0 nitrogen and oxygen atoms in total. The molecular formula is C27H24Cl2SiZr. The van der Waals surface area contributed by atoms with Gasteiger partial charge < -0.3 is 0 Å². The van der Waals surface area contributed by atoms with Crippen LogP contribution >= 0.6 is 17.0 Å². The second-order valence-electron chi connectivity index (χ2n) is 6.41. The Morgan fingerprint density at radius 3 is 1.58 bits per heavy atom. The molecule has 5 aromatic carbocycles. The van der Waals surface area contributed by atoms with Crippen molar-refractivity contribution in [3.63, 3.8) is 0 Å². The predicted molar refractivity (Wildman–Crippen MR) is 138 cm³/mol. The Bertz CT molecular complexity index is 1000. The fourth-order valence-electron chi connectivity index (χ4n) is 2.88. The summed E-state index contributed by atoms with van der Waals surface area (Å²) in [7, 11) is 10.8. The molecule has 0 aromatic heterocycles. The summed E-state index contributed by atoms with van der Waals surface area (Å²) < 4.78 is 0. The van der Waals surface area contributed by atoms with Crippen LogP contribution in [0, 0.1) is 0 Å². The number of hydrogen-bond donors (Lipinski definition) is 0. The maximum Gasteiger partial charge on any atom is -0.0809 e. The van der Waals surface area contributed by atoms with Crippen molar-refractivity contribution in [3.8, 4) is 0 Å². The van der Waals surface area contributed by atoms with Gasteiger partial charge in [0.05, 0.1) is 9.52 Å². The van der Waals surface area contributed by atoms with E-state index >= 15 is 0 Å². The van der Waals surface area contributed by atoms with Gasteiger partial charge in [0.2, 0.25) is 0 Å². The van der Waals surface area contributed by atoms with Crippen molar-refractivity contribution in [3.05, 3.63) is 127 Å². The Balaban J connectivity index is 0.000000155. The van der Waals surface area contributed by atoms with Crippen molar-refractivity contribution in [2.75, 3.05) is 0 Å². The standard InChI is InChI=1S/C9H10Si.2C9H7.2ClH.Zr/c1-10-8-7-9-5-3-2-4-6-9;2*1-2-5-9-7-3-6-8(9)4-1;;;/h2-8H,1H3;2*1-7H;2*1H;/q;2*-1;;;+4/p-2. The number of benzene rings is 3. The molecule has 0 atom stereocenters. The van der Waals surface area contributed by atoms with Gasteiger partial charge in [0.1, 0.15) is 0 Å². The van der Waals surface area contributed by atoms with E-state index in [1.807, 2.05) is 6.07 Å². The zero-order valence-corrected chi connectivity index (χ0v) is 22.4. The molecule has 0 aliphatic rings. The number of rotatable bonds is 2. The molecule has 31 heavy (non-hydrogen) atoms. The molecule has 0 aliphatic heterocycles. The summed E-state index contributed by atoms with van der Waals surface area (Å²) in [6.45, 7) is 2.17. The zero-order chi connectivity index (χ0) is 22.2. The molecule has 0 saturated heterocycles. The molecule has 4 heteroatoms. The van der Waals surface area contributed by atoms with E-state index < -0.39 is 20.8 Å². The van der Waals surface area contributed by atoms with Crippen molar-refractivity contribution >= 4 is 54.2 Å². The Kier molecular flexibility index (Phi) is 13.2. The summed E-state index contributed by atoms with van der Waals surface area (Å²) in [6.07, 6.45) is 2.15. The van der Waals surface area contributed by atoms with Crippen LogP contribution in [-0.4, -0.2) is 9.52 Å². The van der Waals surface area contributed by atoms with Gasteiger partial charge in [-0.1, -0.05) is 60.8 Å². The van der Waals surface area contributed by atoms with Gasteiger partial charge in [-0.05, 0) is 5.56 Å². The van der Waals surface area contributed by atoms with E-state index in [-0.39, 0.29) is 0 Å². The molecular weight excluding hydrogens is 515 g/mol. The molecule has 154 valence electrons. The van der Waals surface area contributed by atoms with E-state index in [0.717, 1.165) is 9.52 Å². The minimum absolute atomic E-state index is 0.826.